The Balaban J connectivity index is 2.07. The summed E-state index contributed by atoms with van der Waals surface area (Å²) in [4.78, 5) is 0. The number of benzene rings is 1. The van der Waals surface area contributed by atoms with E-state index in [9.17, 15) is 0 Å². The average molecular weight is 283 g/mol. The first-order valence-electron chi connectivity index (χ1n) is 8.06. The monoisotopic (exact) mass is 283 g/mol. The first kappa shape index (κ1) is 14.3. The van der Waals surface area contributed by atoms with Crippen molar-refractivity contribution in [3.8, 4) is 0 Å². The van der Waals surface area contributed by atoms with Gasteiger partial charge in [-0.15, -0.1) is 0 Å². The normalized spacial score (nSPS) is 18.8. The summed E-state index contributed by atoms with van der Waals surface area (Å²) in [5.74, 6) is 0. The number of nitrogens with one attached hydrogen (secondary N) is 1. The molecule has 1 aliphatic carbocycles. The number of aromatic nitrogens is 2. The van der Waals surface area contributed by atoms with E-state index in [0.717, 1.165) is 6.54 Å². The fourth-order valence-electron chi connectivity index (χ4n) is 4.08. The molecule has 1 aliphatic rings. The van der Waals surface area contributed by atoms with Gasteiger partial charge in [0, 0.05) is 18.2 Å². The zero-order chi connectivity index (χ0) is 14.7. The number of rotatable bonds is 5. The maximum atomic E-state index is 4.48. The van der Waals surface area contributed by atoms with Crippen LogP contribution in [0.1, 0.15) is 49.9 Å². The van der Waals surface area contributed by atoms with Gasteiger partial charge in [0.2, 0.25) is 0 Å². The van der Waals surface area contributed by atoms with Crippen molar-refractivity contribution < 1.29 is 0 Å². The van der Waals surface area contributed by atoms with E-state index in [1.54, 1.807) is 0 Å². The quantitative estimate of drug-likeness (QED) is 0.907. The summed E-state index contributed by atoms with van der Waals surface area (Å²) >= 11 is 0. The van der Waals surface area contributed by atoms with Crippen molar-refractivity contribution in [2.24, 2.45) is 0 Å². The standard InChI is InChI=1S/C18H25N3/c1-3-21-16(11-14-20-21)17(19-2)18(12-7-8-13-18)15-9-5-4-6-10-15/h4-6,9-11,14,17,19H,3,7-8,12-13H2,1-2H3. The minimum Gasteiger partial charge on any atom is -0.311 e. The van der Waals surface area contributed by atoms with Gasteiger partial charge in [-0.05, 0) is 38.4 Å². The van der Waals surface area contributed by atoms with Crippen LogP contribution >= 0.6 is 0 Å². The van der Waals surface area contributed by atoms with Crippen LogP contribution in [0.3, 0.4) is 0 Å². The molecule has 3 rings (SSSR count). The van der Waals surface area contributed by atoms with Crippen LogP contribution in [-0.4, -0.2) is 16.8 Å². The molecule has 3 nitrogen and oxygen atoms in total. The van der Waals surface area contributed by atoms with Crippen LogP contribution in [0.15, 0.2) is 42.6 Å². The molecular formula is C18H25N3. The molecule has 1 unspecified atom stereocenters. The van der Waals surface area contributed by atoms with Crippen LogP contribution in [0.2, 0.25) is 0 Å². The van der Waals surface area contributed by atoms with Crippen LogP contribution in [0.4, 0.5) is 0 Å². The maximum Gasteiger partial charge on any atom is 0.0587 e. The third-order valence-electron chi connectivity index (χ3n) is 5.03. The Morgan fingerprint density at radius 3 is 2.52 bits per heavy atom. The predicted molar refractivity (Wildman–Crippen MR) is 86.3 cm³/mol. The van der Waals surface area contributed by atoms with E-state index in [-0.39, 0.29) is 5.41 Å². The molecule has 1 heterocycles. The molecule has 112 valence electrons. The Hall–Kier alpha value is -1.61. The van der Waals surface area contributed by atoms with E-state index in [1.807, 2.05) is 6.20 Å². The van der Waals surface area contributed by atoms with Gasteiger partial charge in [0.15, 0.2) is 0 Å². The Morgan fingerprint density at radius 1 is 1.19 bits per heavy atom. The average Bonchev–Trinajstić information content (AvgIpc) is 3.19. The van der Waals surface area contributed by atoms with E-state index in [2.05, 4.69) is 65.5 Å². The number of aryl methyl sites for hydroxylation is 1. The molecule has 0 saturated heterocycles. The molecule has 0 radical (unpaired) electrons. The minimum absolute atomic E-state index is 0.197. The van der Waals surface area contributed by atoms with Gasteiger partial charge in [0.05, 0.1) is 11.7 Å². The highest BCUT2D eigenvalue weighted by atomic mass is 15.3. The van der Waals surface area contributed by atoms with Crippen molar-refractivity contribution >= 4 is 0 Å². The topological polar surface area (TPSA) is 29.9 Å². The second kappa shape index (κ2) is 6.02. The van der Waals surface area contributed by atoms with E-state index >= 15 is 0 Å². The summed E-state index contributed by atoms with van der Waals surface area (Å²) in [5, 5.41) is 8.08. The van der Waals surface area contributed by atoms with Gasteiger partial charge in [-0.1, -0.05) is 43.2 Å². The number of nitrogens with zero attached hydrogens (tertiary/aromatic N) is 2. The Kier molecular flexibility index (Phi) is 4.11. The van der Waals surface area contributed by atoms with Crippen LogP contribution in [0.25, 0.3) is 0 Å². The lowest BCUT2D eigenvalue weighted by Crippen LogP contribution is -2.39. The van der Waals surface area contributed by atoms with Gasteiger partial charge in [0.25, 0.3) is 0 Å². The molecule has 1 aromatic heterocycles. The highest BCUT2D eigenvalue weighted by molar-refractivity contribution is 5.32. The van der Waals surface area contributed by atoms with E-state index in [4.69, 9.17) is 0 Å². The second-order valence-electron chi connectivity index (χ2n) is 6.02. The smallest absolute Gasteiger partial charge is 0.0587 e. The first-order valence-corrected chi connectivity index (χ1v) is 8.06. The highest BCUT2D eigenvalue weighted by Crippen LogP contribution is 2.49. The van der Waals surface area contributed by atoms with Gasteiger partial charge in [-0.25, -0.2) is 0 Å². The van der Waals surface area contributed by atoms with Crippen molar-refractivity contribution in [2.75, 3.05) is 7.05 Å². The summed E-state index contributed by atoms with van der Waals surface area (Å²) < 4.78 is 2.13. The molecule has 1 aromatic carbocycles. The Bertz CT molecular complexity index is 567. The van der Waals surface area contributed by atoms with Gasteiger partial charge >= 0.3 is 0 Å². The summed E-state index contributed by atoms with van der Waals surface area (Å²) in [6.07, 6.45) is 7.05. The third-order valence-corrected chi connectivity index (χ3v) is 5.03. The van der Waals surface area contributed by atoms with Crippen molar-refractivity contribution in [1.82, 2.24) is 15.1 Å². The number of hydrogen-bond donors (Lipinski definition) is 1. The van der Waals surface area contributed by atoms with Gasteiger partial charge in [-0.2, -0.15) is 5.10 Å². The lowest BCUT2D eigenvalue weighted by molar-refractivity contribution is 0.300. The van der Waals surface area contributed by atoms with Crippen LogP contribution in [0.5, 0.6) is 0 Å². The fraction of sp³-hybridized carbons (Fsp3) is 0.500. The molecule has 0 amide bonds. The third kappa shape index (κ3) is 2.40. The zero-order valence-electron chi connectivity index (χ0n) is 13.0. The number of hydrogen-bond acceptors (Lipinski definition) is 2. The molecular weight excluding hydrogens is 258 g/mol. The summed E-state index contributed by atoms with van der Waals surface area (Å²) in [6, 6.07) is 13.5. The van der Waals surface area contributed by atoms with Gasteiger partial charge in [0.1, 0.15) is 0 Å². The molecule has 1 fully saturated rings. The zero-order valence-corrected chi connectivity index (χ0v) is 13.0. The predicted octanol–water partition coefficient (Wildman–Crippen LogP) is 3.68. The fourth-order valence-corrected chi connectivity index (χ4v) is 4.08. The molecule has 2 aromatic rings. The molecule has 1 atom stereocenters. The SMILES string of the molecule is CCn1nccc1C(NC)C1(c2ccccc2)CCCC1. The van der Waals surface area contributed by atoms with Crippen molar-refractivity contribution in [3.05, 3.63) is 53.9 Å². The number of likely N-dealkylation sites (N-methyl/N-ethyl adjacent to an activating group) is 1. The Labute approximate surface area is 127 Å². The molecule has 0 spiro atoms. The van der Waals surface area contributed by atoms with Crippen LogP contribution in [-0.2, 0) is 12.0 Å². The first-order chi connectivity index (χ1) is 10.3. The summed E-state index contributed by atoms with van der Waals surface area (Å²) in [5.41, 5.74) is 2.97. The van der Waals surface area contributed by atoms with Crippen molar-refractivity contribution in [3.63, 3.8) is 0 Å². The minimum atomic E-state index is 0.197. The lowest BCUT2D eigenvalue weighted by Gasteiger charge is -2.38. The summed E-state index contributed by atoms with van der Waals surface area (Å²) in [7, 11) is 2.08. The molecule has 0 aliphatic heterocycles. The van der Waals surface area contributed by atoms with E-state index in [1.165, 1.54) is 36.9 Å². The lowest BCUT2D eigenvalue weighted by atomic mass is 9.71. The summed E-state index contributed by atoms with van der Waals surface area (Å²) in [6.45, 7) is 3.08. The second-order valence-corrected chi connectivity index (χ2v) is 6.02. The van der Waals surface area contributed by atoms with Crippen LogP contribution < -0.4 is 5.32 Å². The highest BCUT2D eigenvalue weighted by Gasteiger charge is 2.43. The molecule has 1 saturated carbocycles. The van der Waals surface area contributed by atoms with Gasteiger partial charge in [-0.3, -0.25) is 4.68 Å². The maximum absolute atomic E-state index is 4.48. The Morgan fingerprint density at radius 2 is 1.90 bits per heavy atom. The molecule has 1 N–H and O–H groups in total. The van der Waals surface area contributed by atoms with E-state index in [0.29, 0.717) is 6.04 Å². The molecule has 3 heteroatoms. The van der Waals surface area contributed by atoms with Crippen molar-refractivity contribution in [1.29, 1.82) is 0 Å². The van der Waals surface area contributed by atoms with Gasteiger partial charge < -0.3 is 5.32 Å². The molecule has 0 bridgehead atoms. The largest absolute Gasteiger partial charge is 0.311 e. The van der Waals surface area contributed by atoms with Crippen molar-refractivity contribution in [2.45, 2.75) is 50.6 Å². The molecule has 21 heavy (non-hydrogen) atoms. The van der Waals surface area contributed by atoms with E-state index < -0.39 is 0 Å². The van der Waals surface area contributed by atoms with Crippen LogP contribution in [0, 0.1) is 0 Å².